The molecular formula is C30H31F3N2O3S. The molecule has 39 heavy (non-hydrogen) atoms. The van der Waals surface area contributed by atoms with Crippen molar-refractivity contribution in [3.63, 3.8) is 0 Å². The van der Waals surface area contributed by atoms with Gasteiger partial charge < -0.3 is 19.7 Å². The van der Waals surface area contributed by atoms with E-state index in [4.69, 9.17) is 0 Å². The summed E-state index contributed by atoms with van der Waals surface area (Å²) in [4.78, 5) is 27.7. The van der Waals surface area contributed by atoms with Crippen LogP contribution in [0.3, 0.4) is 0 Å². The number of carbonyl (C=O) groups excluding carboxylic acids is 2. The van der Waals surface area contributed by atoms with Crippen molar-refractivity contribution >= 4 is 29.8 Å². The van der Waals surface area contributed by atoms with Crippen molar-refractivity contribution in [3.8, 4) is 16.9 Å². The van der Waals surface area contributed by atoms with Crippen LogP contribution in [0.2, 0.25) is 0 Å². The van der Waals surface area contributed by atoms with Crippen molar-refractivity contribution in [1.29, 1.82) is 0 Å². The molecule has 1 atom stereocenters. The first-order valence-electron chi connectivity index (χ1n) is 12.8. The molecule has 0 heterocycles. The molecule has 1 aliphatic rings. The first-order chi connectivity index (χ1) is 18.5. The summed E-state index contributed by atoms with van der Waals surface area (Å²) in [5.41, 5.74) is 4.89. The van der Waals surface area contributed by atoms with E-state index in [-0.39, 0.29) is 17.8 Å². The summed E-state index contributed by atoms with van der Waals surface area (Å²) in [6.45, 7) is 6.20. The second-order valence-electron chi connectivity index (χ2n) is 9.99. The van der Waals surface area contributed by atoms with E-state index in [2.05, 4.69) is 34.3 Å². The largest absolute Gasteiger partial charge is 0.573 e. The summed E-state index contributed by atoms with van der Waals surface area (Å²) >= 11 is 1.55. The Morgan fingerprint density at radius 1 is 1.08 bits per heavy atom. The molecule has 206 valence electrons. The molecule has 2 amide bonds. The van der Waals surface area contributed by atoms with Gasteiger partial charge in [-0.1, -0.05) is 30.3 Å². The molecule has 9 heteroatoms. The van der Waals surface area contributed by atoms with Crippen molar-refractivity contribution in [2.24, 2.45) is 0 Å². The van der Waals surface area contributed by atoms with Crippen LogP contribution in [-0.4, -0.2) is 40.9 Å². The lowest BCUT2D eigenvalue weighted by molar-refractivity contribution is -0.274. The van der Waals surface area contributed by atoms with Gasteiger partial charge in [-0.15, -0.1) is 24.9 Å². The minimum Gasteiger partial charge on any atom is -0.406 e. The van der Waals surface area contributed by atoms with Crippen LogP contribution in [0.15, 0.2) is 71.6 Å². The Bertz CT molecular complexity index is 1310. The van der Waals surface area contributed by atoms with Crippen LogP contribution < -0.4 is 10.1 Å². The number of fused-ring (bicyclic) bond motifs is 1. The minimum absolute atomic E-state index is 0.0381. The maximum absolute atomic E-state index is 13.2. The van der Waals surface area contributed by atoms with E-state index in [1.54, 1.807) is 16.7 Å². The number of alkyl halides is 3. The number of halogens is 3. The van der Waals surface area contributed by atoms with E-state index in [9.17, 15) is 22.8 Å². The number of amides is 2. The highest BCUT2D eigenvalue weighted by molar-refractivity contribution is 8.01. The first-order valence-corrected chi connectivity index (χ1v) is 13.6. The number of hydrogen-bond acceptors (Lipinski definition) is 4. The van der Waals surface area contributed by atoms with E-state index >= 15 is 0 Å². The molecule has 3 aromatic rings. The Kier molecular flexibility index (Phi) is 8.59. The molecule has 4 rings (SSSR count). The number of benzene rings is 3. The molecule has 1 N–H and O–H groups in total. The number of nitrogens with one attached hydrogen (secondary N) is 1. The van der Waals surface area contributed by atoms with E-state index in [0.717, 1.165) is 35.2 Å². The molecule has 0 aromatic heterocycles. The molecule has 0 aliphatic heterocycles. The van der Waals surface area contributed by atoms with Crippen LogP contribution in [0.25, 0.3) is 11.1 Å². The average molecular weight is 557 g/mol. The van der Waals surface area contributed by atoms with Gasteiger partial charge in [-0.3, -0.25) is 0 Å². The second kappa shape index (κ2) is 11.7. The highest BCUT2D eigenvalue weighted by atomic mass is 32.2. The Hall–Kier alpha value is -3.46. The molecule has 5 nitrogen and oxygen atoms in total. The van der Waals surface area contributed by atoms with Gasteiger partial charge in [-0.25, -0.2) is 4.79 Å². The lowest BCUT2D eigenvalue weighted by Gasteiger charge is -2.35. The number of hydrogen-bond donors (Lipinski definition) is 1. The zero-order valence-corrected chi connectivity index (χ0v) is 22.9. The van der Waals surface area contributed by atoms with Gasteiger partial charge >= 0.3 is 12.4 Å². The molecule has 3 aromatic carbocycles. The van der Waals surface area contributed by atoms with Gasteiger partial charge in [0.15, 0.2) is 0 Å². The first kappa shape index (κ1) is 28.5. The topological polar surface area (TPSA) is 58.6 Å². The maximum atomic E-state index is 13.2. The van der Waals surface area contributed by atoms with Crippen LogP contribution in [0, 0.1) is 0 Å². The third kappa shape index (κ3) is 7.35. The summed E-state index contributed by atoms with van der Waals surface area (Å²) in [5, 5.41) is 2.80. The zero-order valence-electron chi connectivity index (χ0n) is 22.0. The zero-order chi connectivity index (χ0) is 28.2. The molecule has 0 bridgehead atoms. The molecular weight excluding hydrogens is 525 g/mol. The molecule has 0 saturated carbocycles. The van der Waals surface area contributed by atoms with Crippen molar-refractivity contribution in [3.05, 3.63) is 77.9 Å². The van der Waals surface area contributed by atoms with Gasteiger partial charge in [0, 0.05) is 23.2 Å². The van der Waals surface area contributed by atoms with Crippen LogP contribution in [-0.2, 0) is 17.6 Å². The lowest BCUT2D eigenvalue weighted by Crippen LogP contribution is -2.45. The number of likely N-dealkylation sites (N-methyl/N-ethyl adjacent to an activating group) is 1. The lowest BCUT2D eigenvalue weighted by atomic mass is 9.85. The molecule has 0 fully saturated rings. The third-order valence-electron chi connectivity index (χ3n) is 6.63. The number of aryl methyl sites for hydroxylation is 1. The van der Waals surface area contributed by atoms with Crippen LogP contribution in [0.5, 0.6) is 5.75 Å². The minimum atomic E-state index is -4.77. The van der Waals surface area contributed by atoms with E-state index in [0.29, 0.717) is 18.7 Å². The Morgan fingerprint density at radius 2 is 1.77 bits per heavy atom. The molecule has 1 aliphatic carbocycles. The predicted molar refractivity (Wildman–Crippen MR) is 148 cm³/mol. The van der Waals surface area contributed by atoms with Crippen molar-refractivity contribution in [2.45, 2.75) is 62.1 Å². The Balaban J connectivity index is 1.54. The fraction of sp³-hybridized carbons (Fsp3) is 0.333. The Labute approximate surface area is 230 Å². The van der Waals surface area contributed by atoms with Crippen molar-refractivity contribution < 1.29 is 27.5 Å². The number of urea groups is 1. The summed E-state index contributed by atoms with van der Waals surface area (Å²) in [6.07, 6.45) is -1.56. The summed E-state index contributed by atoms with van der Waals surface area (Å²) in [5.74, 6) is -0.347. The maximum Gasteiger partial charge on any atom is 0.573 e. The number of thioether (sulfide) groups is 1. The number of aldehydes is 1. The quantitative estimate of drug-likeness (QED) is 0.228. The van der Waals surface area contributed by atoms with E-state index < -0.39 is 11.1 Å². The standard InChI is InChI=1S/C30H31F3N2O3S/c1-4-35(28(37)34-23-11-14-25(15-12-23)38-30(31,32)33)24-13-10-21-18-27(39-29(2,3)19-36)26(17-22(21)16-24)20-8-6-5-7-9-20/h5-9,11-12,14-15,17-19,24H,4,10,13,16H2,1-3H3,(H,34,37). The molecule has 1 unspecified atom stereocenters. The monoisotopic (exact) mass is 556 g/mol. The molecule has 0 spiro atoms. The van der Waals surface area contributed by atoms with Gasteiger partial charge in [0.1, 0.15) is 12.0 Å². The predicted octanol–water partition coefficient (Wildman–Crippen LogP) is 7.73. The number of nitrogens with zero attached hydrogens (tertiary/aromatic N) is 1. The SMILES string of the molecule is CCN(C(=O)Nc1ccc(OC(F)(F)F)cc1)C1CCc2cc(SC(C)(C)C=O)c(-c3ccccc3)cc2C1. The van der Waals surface area contributed by atoms with Crippen LogP contribution >= 0.6 is 11.8 Å². The summed E-state index contributed by atoms with van der Waals surface area (Å²) < 4.78 is 40.6. The normalized spacial score (nSPS) is 15.3. The fourth-order valence-electron chi connectivity index (χ4n) is 4.77. The van der Waals surface area contributed by atoms with E-state index in [1.807, 2.05) is 39.0 Å². The number of anilines is 1. The molecule has 0 radical (unpaired) electrons. The second-order valence-corrected chi connectivity index (χ2v) is 11.7. The fourth-order valence-corrected chi connectivity index (χ4v) is 5.87. The van der Waals surface area contributed by atoms with Crippen molar-refractivity contribution in [1.82, 2.24) is 4.90 Å². The highest BCUT2D eigenvalue weighted by Gasteiger charge is 2.31. The van der Waals surface area contributed by atoms with Gasteiger partial charge in [0.2, 0.25) is 0 Å². The summed E-state index contributed by atoms with van der Waals surface area (Å²) in [6, 6.07) is 19.2. The van der Waals surface area contributed by atoms with Crippen LogP contribution in [0.4, 0.5) is 23.7 Å². The third-order valence-corrected chi connectivity index (χ3v) is 7.81. The smallest absolute Gasteiger partial charge is 0.406 e. The van der Waals surface area contributed by atoms with Gasteiger partial charge in [-0.2, -0.15) is 0 Å². The van der Waals surface area contributed by atoms with Crippen LogP contribution in [0.1, 0.15) is 38.3 Å². The molecule has 0 saturated heterocycles. The van der Waals surface area contributed by atoms with Gasteiger partial charge in [0.05, 0.1) is 4.75 Å². The number of rotatable bonds is 8. The highest BCUT2D eigenvalue weighted by Crippen LogP contribution is 2.41. The van der Waals surface area contributed by atoms with Gasteiger partial charge in [-0.05, 0) is 98.7 Å². The van der Waals surface area contributed by atoms with E-state index in [1.165, 1.54) is 35.4 Å². The van der Waals surface area contributed by atoms with Gasteiger partial charge in [0.25, 0.3) is 0 Å². The number of carbonyl (C=O) groups is 2. The number of ether oxygens (including phenoxy) is 1. The summed E-state index contributed by atoms with van der Waals surface area (Å²) in [7, 11) is 0. The average Bonchev–Trinajstić information content (AvgIpc) is 2.89. The van der Waals surface area contributed by atoms with Crippen molar-refractivity contribution in [2.75, 3.05) is 11.9 Å². The Morgan fingerprint density at radius 3 is 2.38 bits per heavy atom.